The molecule has 0 saturated heterocycles. The van der Waals surface area contributed by atoms with E-state index in [0.717, 1.165) is 33.6 Å². The molecule has 0 radical (unpaired) electrons. The summed E-state index contributed by atoms with van der Waals surface area (Å²) >= 11 is 6.93. The third-order valence-electron chi connectivity index (χ3n) is 2.04. The summed E-state index contributed by atoms with van der Waals surface area (Å²) in [6, 6.07) is 5.90. The van der Waals surface area contributed by atoms with Gasteiger partial charge in [-0.15, -0.1) is 12.4 Å². The first kappa shape index (κ1) is 14.5. The van der Waals surface area contributed by atoms with Crippen LogP contribution < -0.4 is 10.7 Å². The highest BCUT2D eigenvalue weighted by Crippen LogP contribution is 2.22. The molecule has 0 aliphatic carbocycles. The lowest BCUT2D eigenvalue weighted by Gasteiger charge is -2.02. The molecule has 0 bridgehead atoms. The van der Waals surface area contributed by atoms with Crippen LogP contribution in [0.4, 0.5) is 0 Å². The monoisotopic (exact) mass is 380 g/mol. The Kier molecular flexibility index (Phi) is 5.94. The van der Waals surface area contributed by atoms with Crippen LogP contribution in [0, 0.1) is 0 Å². The Balaban J connectivity index is 0.00000144. The fraction of sp³-hybridized carbons (Fsp3) is 0.200. The van der Waals surface area contributed by atoms with Gasteiger partial charge in [-0.3, -0.25) is 0 Å². The van der Waals surface area contributed by atoms with Crippen LogP contribution in [0.5, 0.6) is 0 Å². The second-order valence-corrected chi connectivity index (χ2v) is 4.87. The van der Waals surface area contributed by atoms with Gasteiger partial charge in [0.05, 0.1) is 12.8 Å². The minimum absolute atomic E-state index is 0. The fourth-order valence-electron chi connectivity index (χ4n) is 1.26. The quantitative estimate of drug-likeness (QED) is 0.610. The van der Waals surface area contributed by atoms with Crippen LogP contribution in [-0.4, -0.2) is 25.3 Å². The first-order valence-corrected chi connectivity index (χ1v) is 6.37. The zero-order valence-corrected chi connectivity index (χ0v) is 12.8. The van der Waals surface area contributed by atoms with E-state index in [1.165, 1.54) is 0 Å². The zero-order valence-electron chi connectivity index (χ0n) is 8.78. The van der Waals surface area contributed by atoms with Gasteiger partial charge in [0.1, 0.15) is 0 Å². The summed E-state index contributed by atoms with van der Waals surface area (Å²) in [4.78, 5) is 4.17. The number of hydrazone groups is 1. The van der Waals surface area contributed by atoms with Gasteiger partial charge in [0.25, 0.3) is 0 Å². The number of rotatable bonds is 2. The molecule has 0 saturated carbocycles. The van der Waals surface area contributed by atoms with Crippen molar-refractivity contribution < 1.29 is 0 Å². The van der Waals surface area contributed by atoms with Crippen LogP contribution in [0.2, 0.25) is 0 Å². The average Bonchev–Trinajstić information content (AvgIpc) is 2.75. The van der Waals surface area contributed by atoms with E-state index in [1.807, 2.05) is 18.2 Å². The molecule has 1 aromatic carbocycles. The van der Waals surface area contributed by atoms with E-state index >= 15 is 0 Å². The number of hydrogen-bond donors (Lipinski definition) is 2. The number of nitrogens with one attached hydrogen (secondary N) is 2. The first-order valence-electron chi connectivity index (χ1n) is 4.79. The van der Waals surface area contributed by atoms with Crippen LogP contribution in [0.1, 0.15) is 5.56 Å². The van der Waals surface area contributed by atoms with Crippen molar-refractivity contribution in [1.29, 1.82) is 0 Å². The first-order chi connectivity index (χ1) is 7.77. The summed E-state index contributed by atoms with van der Waals surface area (Å²) in [7, 11) is 0. The zero-order chi connectivity index (χ0) is 11.4. The highest BCUT2D eigenvalue weighted by Gasteiger charge is 2.03. The summed E-state index contributed by atoms with van der Waals surface area (Å²) in [6.45, 7) is 1.67. The van der Waals surface area contributed by atoms with Gasteiger partial charge in [-0.25, -0.2) is 10.4 Å². The van der Waals surface area contributed by atoms with Crippen LogP contribution in [0.15, 0.2) is 37.2 Å². The summed E-state index contributed by atoms with van der Waals surface area (Å²) in [5.41, 5.74) is 3.85. The lowest BCUT2D eigenvalue weighted by atomic mass is 10.2. The van der Waals surface area contributed by atoms with Crippen molar-refractivity contribution in [3.63, 3.8) is 0 Å². The Labute approximate surface area is 123 Å². The van der Waals surface area contributed by atoms with E-state index < -0.39 is 0 Å². The summed E-state index contributed by atoms with van der Waals surface area (Å²) in [5, 5.41) is 7.19. The molecule has 4 nitrogen and oxygen atoms in total. The SMILES string of the molecule is Brc1cccc(Br)c1C=NNC1=NCCN1.Cl. The lowest BCUT2D eigenvalue weighted by Crippen LogP contribution is -2.30. The molecule has 1 aliphatic heterocycles. The molecule has 0 amide bonds. The minimum Gasteiger partial charge on any atom is -0.353 e. The van der Waals surface area contributed by atoms with E-state index in [0.29, 0.717) is 0 Å². The van der Waals surface area contributed by atoms with E-state index in [1.54, 1.807) is 6.21 Å². The van der Waals surface area contributed by atoms with Gasteiger partial charge in [0, 0.05) is 21.1 Å². The Morgan fingerprint density at radius 3 is 2.65 bits per heavy atom. The predicted octanol–water partition coefficient (Wildman–Crippen LogP) is 2.52. The van der Waals surface area contributed by atoms with Crippen molar-refractivity contribution in [2.75, 3.05) is 13.1 Å². The number of halogens is 3. The molecule has 1 heterocycles. The highest BCUT2D eigenvalue weighted by atomic mass is 79.9. The van der Waals surface area contributed by atoms with Crippen molar-refractivity contribution in [2.45, 2.75) is 0 Å². The van der Waals surface area contributed by atoms with Gasteiger partial charge in [0.15, 0.2) is 0 Å². The average molecular weight is 382 g/mol. The van der Waals surface area contributed by atoms with Crippen molar-refractivity contribution in [3.05, 3.63) is 32.7 Å². The van der Waals surface area contributed by atoms with Crippen molar-refractivity contribution >= 4 is 56.4 Å². The molecule has 0 unspecified atom stereocenters. The Bertz CT molecular complexity index is 428. The number of hydrogen-bond acceptors (Lipinski definition) is 4. The van der Waals surface area contributed by atoms with Gasteiger partial charge in [-0.2, -0.15) is 5.10 Å². The van der Waals surface area contributed by atoms with Crippen molar-refractivity contribution in [2.24, 2.45) is 10.1 Å². The number of aliphatic imine (C=N–C) groups is 1. The maximum Gasteiger partial charge on any atom is 0.212 e. The van der Waals surface area contributed by atoms with Crippen molar-refractivity contribution in [1.82, 2.24) is 10.7 Å². The molecule has 17 heavy (non-hydrogen) atoms. The predicted molar refractivity (Wildman–Crippen MR) is 80.1 cm³/mol. The molecule has 0 fully saturated rings. The fourth-order valence-corrected chi connectivity index (χ4v) is 2.47. The normalized spacial score (nSPS) is 14.1. The topological polar surface area (TPSA) is 48.8 Å². The highest BCUT2D eigenvalue weighted by molar-refractivity contribution is 9.11. The molecule has 1 aromatic rings. The van der Waals surface area contributed by atoms with E-state index in [-0.39, 0.29) is 12.4 Å². The molecule has 0 atom stereocenters. The maximum absolute atomic E-state index is 4.17. The van der Waals surface area contributed by atoms with Gasteiger partial charge < -0.3 is 5.32 Å². The van der Waals surface area contributed by atoms with E-state index in [2.05, 4.69) is 52.7 Å². The number of nitrogens with zero attached hydrogens (tertiary/aromatic N) is 2. The van der Waals surface area contributed by atoms with Crippen LogP contribution in [-0.2, 0) is 0 Å². The lowest BCUT2D eigenvalue weighted by molar-refractivity contribution is 0.919. The second-order valence-electron chi connectivity index (χ2n) is 3.16. The summed E-state index contributed by atoms with van der Waals surface area (Å²) < 4.78 is 1.99. The van der Waals surface area contributed by atoms with Gasteiger partial charge in [-0.05, 0) is 12.1 Å². The Morgan fingerprint density at radius 2 is 2.06 bits per heavy atom. The number of guanidine groups is 1. The van der Waals surface area contributed by atoms with Crippen LogP contribution in [0.3, 0.4) is 0 Å². The molecule has 2 rings (SSSR count). The Morgan fingerprint density at radius 1 is 1.35 bits per heavy atom. The van der Waals surface area contributed by atoms with Crippen LogP contribution >= 0.6 is 44.3 Å². The van der Waals surface area contributed by atoms with Gasteiger partial charge in [0.2, 0.25) is 5.96 Å². The van der Waals surface area contributed by atoms with Crippen LogP contribution in [0.25, 0.3) is 0 Å². The summed E-state index contributed by atoms with van der Waals surface area (Å²) in [6.07, 6.45) is 1.75. The van der Waals surface area contributed by atoms with Gasteiger partial charge in [-0.1, -0.05) is 37.9 Å². The van der Waals surface area contributed by atoms with E-state index in [4.69, 9.17) is 0 Å². The molecule has 0 aromatic heterocycles. The Hall–Kier alpha value is -0.590. The molecule has 2 N–H and O–H groups in total. The third kappa shape index (κ3) is 3.97. The summed E-state index contributed by atoms with van der Waals surface area (Å²) in [5.74, 6) is 0.722. The minimum atomic E-state index is 0. The van der Waals surface area contributed by atoms with E-state index in [9.17, 15) is 0 Å². The smallest absolute Gasteiger partial charge is 0.212 e. The molecule has 1 aliphatic rings. The largest absolute Gasteiger partial charge is 0.353 e. The molecular formula is C10H11Br2ClN4. The molecule has 0 spiro atoms. The number of benzene rings is 1. The molecule has 7 heteroatoms. The van der Waals surface area contributed by atoms with Crippen molar-refractivity contribution in [3.8, 4) is 0 Å². The standard InChI is InChI=1S/C10H10Br2N4.ClH/c11-8-2-1-3-9(12)7(8)6-15-16-10-13-4-5-14-10;/h1-3,6H,4-5H2,(H2,13,14,16);1H. The maximum atomic E-state index is 4.17. The molecular weight excluding hydrogens is 371 g/mol. The molecule has 92 valence electrons. The second kappa shape index (κ2) is 6.98. The van der Waals surface area contributed by atoms with Gasteiger partial charge >= 0.3 is 0 Å². The third-order valence-corrected chi connectivity index (χ3v) is 3.42.